The van der Waals surface area contributed by atoms with Gasteiger partial charge in [-0.1, -0.05) is 30.3 Å². The van der Waals surface area contributed by atoms with Crippen molar-refractivity contribution in [3.8, 4) is 5.75 Å². The zero-order valence-corrected chi connectivity index (χ0v) is 20.1. The number of hydrogen-bond donors (Lipinski definition) is 2. The number of amides is 3. The average Bonchev–Trinajstić information content (AvgIpc) is 3.09. The van der Waals surface area contributed by atoms with E-state index in [1.54, 1.807) is 24.4 Å². The van der Waals surface area contributed by atoms with E-state index < -0.39 is 29.7 Å². The van der Waals surface area contributed by atoms with Crippen LogP contribution in [0.4, 0.5) is 23.7 Å². The van der Waals surface area contributed by atoms with Crippen LogP contribution in [-0.2, 0) is 23.9 Å². The normalized spacial score (nSPS) is 16.2. The standard InChI is InChI=1S/C27H20F3N3O3S/c28-27(29,30)18-7-10-22(24(37)14-18)33-25(35)23(13-16-5-8-19(34)9-6-16)32(26(33)36)15-17-11-12-31-21-4-2-1-3-20(17)21/h1-12,14,23,34,37H,13,15H2/t23-/m1/s1. The largest absolute Gasteiger partial charge is 0.508 e. The number of rotatable bonds is 5. The molecule has 10 heteroatoms. The minimum atomic E-state index is -4.59. The Morgan fingerprint density at radius 3 is 2.41 bits per heavy atom. The first-order chi connectivity index (χ1) is 17.6. The molecule has 37 heavy (non-hydrogen) atoms. The molecule has 2 heterocycles. The van der Waals surface area contributed by atoms with E-state index in [4.69, 9.17) is 0 Å². The van der Waals surface area contributed by atoms with Gasteiger partial charge in [0, 0.05) is 29.4 Å². The van der Waals surface area contributed by atoms with Gasteiger partial charge in [-0.3, -0.25) is 9.78 Å². The van der Waals surface area contributed by atoms with E-state index in [9.17, 15) is 27.9 Å². The lowest BCUT2D eigenvalue weighted by molar-refractivity contribution is -0.137. The molecule has 1 aliphatic rings. The molecule has 1 fully saturated rings. The summed E-state index contributed by atoms with van der Waals surface area (Å²) in [5, 5.41) is 10.4. The molecule has 3 amide bonds. The van der Waals surface area contributed by atoms with Crippen molar-refractivity contribution in [1.29, 1.82) is 0 Å². The van der Waals surface area contributed by atoms with Crippen LogP contribution in [-0.4, -0.2) is 33.0 Å². The fourth-order valence-electron chi connectivity index (χ4n) is 4.46. The van der Waals surface area contributed by atoms with Crippen molar-refractivity contribution in [2.75, 3.05) is 4.90 Å². The van der Waals surface area contributed by atoms with Crippen LogP contribution in [0.3, 0.4) is 0 Å². The highest BCUT2D eigenvalue weighted by Gasteiger charge is 2.46. The first kappa shape index (κ1) is 24.6. The van der Waals surface area contributed by atoms with E-state index >= 15 is 0 Å². The SMILES string of the molecule is O=C1[C@@H](Cc2ccc(O)cc2)N(Cc2ccnc3ccccc23)C(=O)N1c1ccc(C(F)(F)F)cc1S. The summed E-state index contributed by atoms with van der Waals surface area (Å²) < 4.78 is 39.5. The summed E-state index contributed by atoms with van der Waals surface area (Å²) in [6.45, 7) is 0.0788. The number of anilines is 1. The van der Waals surface area contributed by atoms with Gasteiger partial charge in [0.05, 0.1) is 16.8 Å². The number of aromatic hydroxyl groups is 1. The van der Waals surface area contributed by atoms with Crippen molar-refractivity contribution in [2.24, 2.45) is 0 Å². The molecule has 1 saturated heterocycles. The number of phenols is 1. The molecule has 0 radical (unpaired) electrons. The number of hydrogen-bond acceptors (Lipinski definition) is 5. The maximum Gasteiger partial charge on any atom is 0.416 e. The number of fused-ring (bicyclic) bond motifs is 1. The van der Waals surface area contributed by atoms with Gasteiger partial charge in [0.25, 0.3) is 5.91 Å². The molecule has 0 aliphatic carbocycles. The molecule has 1 N–H and O–H groups in total. The van der Waals surface area contributed by atoms with Crippen molar-refractivity contribution >= 4 is 41.2 Å². The van der Waals surface area contributed by atoms with Crippen LogP contribution in [0, 0.1) is 0 Å². The molecule has 4 aromatic rings. The number of halogens is 3. The van der Waals surface area contributed by atoms with Crippen molar-refractivity contribution in [3.05, 3.63) is 95.7 Å². The van der Waals surface area contributed by atoms with Crippen LogP contribution in [0.15, 0.2) is 83.9 Å². The van der Waals surface area contributed by atoms with Crippen LogP contribution < -0.4 is 4.90 Å². The third-order valence-corrected chi connectivity index (χ3v) is 6.67. The highest BCUT2D eigenvalue weighted by atomic mass is 32.1. The van der Waals surface area contributed by atoms with Gasteiger partial charge in [0.15, 0.2) is 0 Å². The molecule has 5 rings (SSSR count). The van der Waals surface area contributed by atoms with Crippen LogP contribution in [0.2, 0.25) is 0 Å². The molecule has 0 bridgehead atoms. The lowest BCUT2D eigenvalue weighted by Gasteiger charge is -2.23. The molecule has 1 aliphatic heterocycles. The van der Waals surface area contributed by atoms with Crippen LogP contribution >= 0.6 is 12.6 Å². The van der Waals surface area contributed by atoms with Gasteiger partial charge in [0.2, 0.25) is 0 Å². The lowest BCUT2D eigenvalue weighted by atomic mass is 10.0. The summed E-state index contributed by atoms with van der Waals surface area (Å²) in [5.74, 6) is -0.518. The molecule has 1 aromatic heterocycles. The Kier molecular flexibility index (Phi) is 6.28. The van der Waals surface area contributed by atoms with E-state index in [1.807, 2.05) is 24.3 Å². The minimum Gasteiger partial charge on any atom is -0.508 e. The summed E-state index contributed by atoms with van der Waals surface area (Å²) in [6.07, 6.45) is -2.83. The Morgan fingerprint density at radius 1 is 0.973 bits per heavy atom. The van der Waals surface area contributed by atoms with Gasteiger partial charge in [-0.2, -0.15) is 13.2 Å². The van der Waals surface area contributed by atoms with E-state index in [2.05, 4.69) is 17.6 Å². The smallest absolute Gasteiger partial charge is 0.416 e. The van der Waals surface area contributed by atoms with E-state index in [0.717, 1.165) is 39.6 Å². The number of para-hydroxylation sites is 1. The summed E-state index contributed by atoms with van der Waals surface area (Å²) in [7, 11) is 0. The fourth-order valence-corrected chi connectivity index (χ4v) is 4.77. The monoisotopic (exact) mass is 523 g/mol. The van der Waals surface area contributed by atoms with Crippen LogP contribution in [0.5, 0.6) is 5.75 Å². The number of urea groups is 1. The Hall–Kier alpha value is -4.05. The predicted octanol–water partition coefficient (Wildman–Crippen LogP) is 5.83. The fraction of sp³-hybridized carbons (Fsp3) is 0.148. The molecule has 188 valence electrons. The molecule has 3 aromatic carbocycles. The summed E-state index contributed by atoms with van der Waals surface area (Å²) in [5.41, 5.74) is 1.24. The third kappa shape index (κ3) is 4.72. The van der Waals surface area contributed by atoms with Crippen molar-refractivity contribution in [2.45, 2.75) is 30.1 Å². The van der Waals surface area contributed by atoms with Crippen LogP contribution in [0.1, 0.15) is 16.7 Å². The lowest BCUT2D eigenvalue weighted by Crippen LogP contribution is -2.36. The van der Waals surface area contributed by atoms with Crippen molar-refractivity contribution in [1.82, 2.24) is 9.88 Å². The van der Waals surface area contributed by atoms with Gasteiger partial charge < -0.3 is 10.0 Å². The summed E-state index contributed by atoms with van der Waals surface area (Å²) in [6, 6.07) is 16.5. The topological polar surface area (TPSA) is 73.7 Å². The number of phenolic OH excluding ortho intramolecular Hbond substituents is 1. The Labute approximate surface area is 215 Å². The number of aromatic nitrogens is 1. The molecule has 0 spiro atoms. The number of pyridine rings is 1. The van der Waals surface area contributed by atoms with E-state index in [0.29, 0.717) is 5.56 Å². The molecular formula is C27H20F3N3O3S. The number of imide groups is 1. The van der Waals surface area contributed by atoms with Crippen molar-refractivity contribution in [3.63, 3.8) is 0 Å². The first-order valence-electron chi connectivity index (χ1n) is 11.3. The predicted molar refractivity (Wildman–Crippen MR) is 134 cm³/mol. The Balaban J connectivity index is 1.55. The van der Waals surface area contributed by atoms with Gasteiger partial charge in [-0.25, -0.2) is 9.69 Å². The second-order valence-corrected chi connectivity index (χ2v) is 9.14. The Morgan fingerprint density at radius 2 is 1.70 bits per heavy atom. The Bertz CT molecular complexity index is 1500. The molecule has 6 nitrogen and oxygen atoms in total. The zero-order valence-electron chi connectivity index (χ0n) is 19.2. The van der Waals surface area contributed by atoms with Crippen LogP contribution in [0.25, 0.3) is 10.9 Å². The minimum absolute atomic E-state index is 0.0240. The number of nitrogens with zero attached hydrogens (tertiary/aromatic N) is 3. The third-order valence-electron chi connectivity index (χ3n) is 6.31. The molecular weight excluding hydrogens is 503 g/mol. The number of benzene rings is 3. The maximum atomic E-state index is 13.7. The second-order valence-electron chi connectivity index (χ2n) is 8.66. The van der Waals surface area contributed by atoms with E-state index in [1.165, 1.54) is 17.0 Å². The second kappa shape index (κ2) is 9.44. The van der Waals surface area contributed by atoms with Gasteiger partial charge in [-0.15, -0.1) is 12.6 Å². The van der Waals surface area contributed by atoms with Crippen molar-refractivity contribution < 1.29 is 27.9 Å². The molecule has 0 saturated carbocycles. The number of alkyl halides is 3. The maximum absolute atomic E-state index is 13.7. The van der Waals surface area contributed by atoms with Gasteiger partial charge >= 0.3 is 12.2 Å². The summed E-state index contributed by atoms with van der Waals surface area (Å²) in [4.78, 5) is 33.8. The van der Waals surface area contributed by atoms with Gasteiger partial charge in [-0.05, 0) is 53.6 Å². The first-order valence-corrected chi connectivity index (χ1v) is 11.7. The highest BCUT2D eigenvalue weighted by molar-refractivity contribution is 7.80. The quantitative estimate of drug-likeness (QED) is 0.255. The number of carbonyl (C=O) groups is 2. The van der Waals surface area contributed by atoms with Gasteiger partial charge in [0.1, 0.15) is 11.8 Å². The molecule has 1 atom stereocenters. The molecule has 0 unspecified atom stereocenters. The zero-order chi connectivity index (χ0) is 26.3. The number of thiol groups is 1. The number of carbonyl (C=O) groups excluding carboxylic acids is 2. The highest BCUT2D eigenvalue weighted by Crippen LogP contribution is 2.37. The summed E-state index contributed by atoms with van der Waals surface area (Å²) >= 11 is 4.17. The average molecular weight is 524 g/mol. The van der Waals surface area contributed by atoms with E-state index in [-0.39, 0.29) is 29.3 Å².